The van der Waals surface area contributed by atoms with Crippen LogP contribution < -0.4 is 5.73 Å². The first kappa shape index (κ1) is 9.81. The van der Waals surface area contributed by atoms with Crippen LogP contribution in [0.25, 0.3) is 0 Å². The largest absolute Gasteiger partial charge is 0.508 e. The van der Waals surface area contributed by atoms with Crippen molar-refractivity contribution < 1.29 is 5.11 Å². The molecule has 0 bridgehead atoms. The molecule has 1 aromatic rings. The van der Waals surface area contributed by atoms with Crippen LogP contribution >= 0.6 is 0 Å². The maximum atomic E-state index is 9.48. The minimum absolute atomic E-state index is 0.154. The number of hydrogen-bond donors (Lipinski definition) is 2. The zero-order chi connectivity index (χ0) is 9.84. The second-order valence-corrected chi connectivity index (χ2v) is 3.33. The van der Waals surface area contributed by atoms with Crippen molar-refractivity contribution in [2.75, 3.05) is 0 Å². The van der Waals surface area contributed by atoms with E-state index >= 15 is 0 Å². The lowest BCUT2D eigenvalue weighted by molar-refractivity contribution is 0.461. The fourth-order valence-electron chi connectivity index (χ4n) is 1.29. The van der Waals surface area contributed by atoms with Crippen LogP contribution in [0.15, 0.2) is 36.4 Å². The normalized spacial score (nSPS) is 12.5. The molecule has 13 heavy (non-hydrogen) atoms. The van der Waals surface area contributed by atoms with E-state index in [0.29, 0.717) is 6.42 Å². The monoisotopic (exact) mass is 177 g/mol. The Morgan fingerprint density at radius 2 is 2.15 bits per heavy atom. The number of hydrogen-bond acceptors (Lipinski definition) is 2. The van der Waals surface area contributed by atoms with Crippen LogP contribution in [-0.2, 0) is 0 Å². The molecule has 0 aliphatic carbocycles. The Labute approximate surface area is 78.7 Å². The quantitative estimate of drug-likeness (QED) is 0.696. The minimum Gasteiger partial charge on any atom is -0.508 e. The Bertz CT molecular complexity index is 307. The Morgan fingerprint density at radius 3 is 2.69 bits per heavy atom. The van der Waals surface area contributed by atoms with E-state index in [1.165, 1.54) is 0 Å². The van der Waals surface area contributed by atoms with Gasteiger partial charge in [-0.05, 0) is 19.4 Å². The number of aromatic hydroxyl groups is 1. The molecule has 0 heterocycles. The number of nitrogens with two attached hydrogens (primary N) is 1. The van der Waals surface area contributed by atoms with Gasteiger partial charge in [0.15, 0.2) is 0 Å². The molecule has 0 unspecified atom stereocenters. The molecule has 0 aliphatic heterocycles. The summed E-state index contributed by atoms with van der Waals surface area (Å²) in [5.41, 5.74) is 7.68. The van der Waals surface area contributed by atoms with Gasteiger partial charge in [-0.3, -0.25) is 0 Å². The van der Waals surface area contributed by atoms with Crippen molar-refractivity contribution in [2.45, 2.75) is 19.4 Å². The van der Waals surface area contributed by atoms with Gasteiger partial charge in [0.1, 0.15) is 5.75 Å². The first-order chi connectivity index (χ1) is 6.11. The lowest BCUT2D eigenvalue weighted by Crippen LogP contribution is -2.10. The fraction of sp³-hybridized carbons (Fsp3) is 0.273. The number of rotatable bonds is 3. The van der Waals surface area contributed by atoms with Gasteiger partial charge >= 0.3 is 0 Å². The van der Waals surface area contributed by atoms with Crippen LogP contribution in [0.2, 0.25) is 0 Å². The lowest BCUT2D eigenvalue weighted by Gasteiger charge is -2.12. The zero-order valence-electron chi connectivity index (χ0n) is 7.83. The van der Waals surface area contributed by atoms with Gasteiger partial charge in [0.2, 0.25) is 0 Å². The SMILES string of the molecule is C=C(C)C[C@H](N)c1ccccc1O. The summed E-state index contributed by atoms with van der Waals surface area (Å²) in [5.74, 6) is 0.260. The molecule has 0 aliphatic rings. The van der Waals surface area contributed by atoms with E-state index in [4.69, 9.17) is 5.73 Å². The molecule has 0 amide bonds. The number of benzene rings is 1. The van der Waals surface area contributed by atoms with Crippen molar-refractivity contribution in [1.29, 1.82) is 0 Å². The molecule has 2 nitrogen and oxygen atoms in total. The molecule has 0 aromatic heterocycles. The van der Waals surface area contributed by atoms with Crippen LogP contribution in [0.1, 0.15) is 24.9 Å². The Kier molecular flexibility index (Phi) is 3.09. The predicted molar refractivity (Wildman–Crippen MR) is 54.5 cm³/mol. The van der Waals surface area contributed by atoms with Gasteiger partial charge in [-0.15, -0.1) is 6.58 Å². The summed E-state index contributed by atoms with van der Waals surface area (Å²) in [6.07, 6.45) is 0.706. The van der Waals surface area contributed by atoms with Crippen molar-refractivity contribution in [3.8, 4) is 5.75 Å². The van der Waals surface area contributed by atoms with Crippen molar-refractivity contribution in [2.24, 2.45) is 5.73 Å². The molecule has 0 fully saturated rings. The molecule has 3 N–H and O–H groups in total. The standard InChI is InChI=1S/C11H15NO/c1-8(2)7-10(12)9-5-3-4-6-11(9)13/h3-6,10,13H,1,7,12H2,2H3/t10-/m0/s1. The highest BCUT2D eigenvalue weighted by molar-refractivity contribution is 5.34. The summed E-state index contributed by atoms with van der Waals surface area (Å²) >= 11 is 0. The molecule has 1 rings (SSSR count). The summed E-state index contributed by atoms with van der Waals surface area (Å²) in [6.45, 7) is 5.72. The lowest BCUT2D eigenvalue weighted by atomic mass is 10.0. The highest BCUT2D eigenvalue weighted by Crippen LogP contribution is 2.25. The van der Waals surface area contributed by atoms with Crippen molar-refractivity contribution in [3.05, 3.63) is 42.0 Å². The first-order valence-electron chi connectivity index (χ1n) is 4.29. The van der Waals surface area contributed by atoms with Gasteiger partial charge in [0.05, 0.1) is 0 Å². The van der Waals surface area contributed by atoms with Gasteiger partial charge in [-0.25, -0.2) is 0 Å². The second kappa shape index (κ2) is 4.10. The summed E-state index contributed by atoms with van der Waals surface area (Å²) < 4.78 is 0. The Morgan fingerprint density at radius 1 is 1.54 bits per heavy atom. The van der Waals surface area contributed by atoms with Gasteiger partial charge in [0, 0.05) is 11.6 Å². The minimum atomic E-state index is -0.154. The highest BCUT2D eigenvalue weighted by atomic mass is 16.3. The molecular weight excluding hydrogens is 162 g/mol. The summed E-state index contributed by atoms with van der Waals surface area (Å²) in [5, 5.41) is 9.48. The van der Waals surface area contributed by atoms with E-state index < -0.39 is 0 Å². The summed E-state index contributed by atoms with van der Waals surface area (Å²) in [7, 11) is 0. The van der Waals surface area contributed by atoms with Gasteiger partial charge in [-0.2, -0.15) is 0 Å². The van der Waals surface area contributed by atoms with E-state index in [0.717, 1.165) is 11.1 Å². The van der Waals surface area contributed by atoms with E-state index in [1.807, 2.05) is 19.1 Å². The topological polar surface area (TPSA) is 46.2 Å². The van der Waals surface area contributed by atoms with Gasteiger partial charge in [0.25, 0.3) is 0 Å². The van der Waals surface area contributed by atoms with Crippen LogP contribution in [0.5, 0.6) is 5.75 Å². The third-order valence-electron chi connectivity index (χ3n) is 1.90. The van der Waals surface area contributed by atoms with Crippen LogP contribution in [0, 0.1) is 0 Å². The Balaban J connectivity index is 2.82. The molecule has 2 heteroatoms. The Hall–Kier alpha value is -1.28. The highest BCUT2D eigenvalue weighted by Gasteiger charge is 2.09. The van der Waals surface area contributed by atoms with E-state index in [-0.39, 0.29) is 11.8 Å². The zero-order valence-corrected chi connectivity index (χ0v) is 7.83. The first-order valence-corrected chi connectivity index (χ1v) is 4.29. The van der Waals surface area contributed by atoms with Crippen molar-refractivity contribution in [3.63, 3.8) is 0 Å². The molecular formula is C11H15NO. The molecule has 1 atom stereocenters. The third kappa shape index (κ3) is 2.60. The summed E-state index contributed by atoms with van der Waals surface area (Å²) in [4.78, 5) is 0. The second-order valence-electron chi connectivity index (χ2n) is 3.33. The molecule has 0 saturated heterocycles. The fourth-order valence-corrected chi connectivity index (χ4v) is 1.29. The number of phenolic OH excluding ortho intramolecular Hbond substituents is 1. The molecule has 70 valence electrons. The number of para-hydroxylation sites is 1. The maximum Gasteiger partial charge on any atom is 0.120 e. The van der Waals surface area contributed by atoms with Crippen molar-refractivity contribution in [1.82, 2.24) is 0 Å². The molecule has 1 aromatic carbocycles. The maximum absolute atomic E-state index is 9.48. The predicted octanol–water partition coefficient (Wildman–Crippen LogP) is 2.36. The molecule has 0 saturated carbocycles. The molecule has 0 radical (unpaired) electrons. The van der Waals surface area contributed by atoms with Crippen LogP contribution in [0.4, 0.5) is 0 Å². The average molecular weight is 177 g/mol. The van der Waals surface area contributed by atoms with Gasteiger partial charge in [-0.1, -0.05) is 23.8 Å². The van der Waals surface area contributed by atoms with E-state index in [2.05, 4.69) is 6.58 Å². The summed E-state index contributed by atoms with van der Waals surface area (Å²) in [6, 6.07) is 6.98. The van der Waals surface area contributed by atoms with E-state index in [9.17, 15) is 5.11 Å². The van der Waals surface area contributed by atoms with Gasteiger partial charge < -0.3 is 10.8 Å². The molecule has 0 spiro atoms. The van der Waals surface area contributed by atoms with E-state index in [1.54, 1.807) is 12.1 Å². The third-order valence-corrected chi connectivity index (χ3v) is 1.90. The average Bonchev–Trinajstić information content (AvgIpc) is 2.03. The smallest absolute Gasteiger partial charge is 0.120 e. The van der Waals surface area contributed by atoms with Crippen LogP contribution in [-0.4, -0.2) is 5.11 Å². The number of phenols is 1. The van der Waals surface area contributed by atoms with Crippen molar-refractivity contribution >= 4 is 0 Å². The van der Waals surface area contributed by atoms with Crippen LogP contribution in [0.3, 0.4) is 0 Å².